The van der Waals surface area contributed by atoms with Gasteiger partial charge < -0.3 is 50.3 Å². The quantitative estimate of drug-likeness (QED) is 0.0527. The summed E-state index contributed by atoms with van der Waals surface area (Å²) >= 11 is 0. The number of aliphatic carboxylic acids is 2. The number of hydrogen-bond donors (Lipinski definition) is 9. The Morgan fingerprint density at radius 2 is 0.978 bits per heavy atom. The van der Waals surface area contributed by atoms with Crippen LogP contribution in [0.4, 0.5) is 0 Å². The molecule has 0 bridgehead atoms. The van der Waals surface area contributed by atoms with E-state index in [0.717, 1.165) is 0 Å². The summed E-state index contributed by atoms with van der Waals surface area (Å²) in [5, 5.41) is 20.4. The zero-order valence-corrected chi connectivity index (χ0v) is 27.8. The Balaban J connectivity index is 9.17. The van der Waals surface area contributed by atoms with Crippen LogP contribution in [0.2, 0.25) is 0 Å². The number of carbonyl (C=O) groups is 7. The molecule has 0 aliphatic heterocycles. The van der Waals surface area contributed by atoms with Gasteiger partial charge in [-0.1, -0.05) is 41.5 Å². The van der Waals surface area contributed by atoms with Crippen molar-refractivity contribution in [2.24, 2.45) is 68.7 Å². The van der Waals surface area contributed by atoms with Gasteiger partial charge in [-0.25, -0.2) is 4.79 Å². The molecule has 0 radical (unpaired) electrons. The number of carbonyl (C=O) groups excluding carboxylic acids is 5. The fourth-order valence-corrected chi connectivity index (χ4v) is 6.38. The monoisotopic (exact) mass is 657 g/mol. The van der Waals surface area contributed by atoms with Crippen molar-refractivity contribution in [1.82, 2.24) is 0 Å². The highest BCUT2D eigenvalue weighted by Gasteiger charge is 2.80. The average molecular weight is 658 g/mol. The topological polar surface area (TPSA) is 342 Å². The number of nitrogens with two attached hydrogens (primary N) is 7. The molecule has 0 aromatic carbocycles. The van der Waals surface area contributed by atoms with Crippen molar-refractivity contribution in [2.75, 3.05) is 13.1 Å². The molecule has 16 heteroatoms. The number of carboxylic acid groups (broad SMARTS) is 2. The van der Waals surface area contributed by atoms with Gasteiger partial charge in [0, 0.05) is 0 Å². The van der Waals surface area contributed by atoms with Gasteiger partial charge in [0.25, 0.3) is 0 Å². The predicted octanol–water partition coefficient (Wildman–Crippen LogP) is -2.18. The highest BCUT2D eigenvalue weighted by atomic mass is 16.4. The van der Waals surface area contributed by atoms with Crippen LogP contribution >= 0.6 is 0 Å². The van der Waals surface area contributed by atoms with Crippen molar-refractivity contribution in [2.45, 2.75) is 103 Å². The largest absolute Gasteiger partial charge is 0.481 e. The SMILES string of the molecule is CC(C)CC(N)C(=O)C(N)(C(=O)O)C(C(=O)C(N)CC(=O)O)(C(=O)C(N)CC(C)C)C(CCN)(C(=O)CN)C(=O)C(N)CC(C)C. The fraction of sp³-hybridized carbons (Fsp3) is 0.767. The maximum Gasteiger partial charge on any atom is 0.333 e. The second-order valence-electron chi connectivity index (χ2n) is 13.3. The number of carboxylic acids is 2. The third-order valence-corrected chi connectivity index (χ3v) is 8.22. The Labute approximate surface area is 269 Å². The van der Waals surface area contributed by atoms with Gasteiger partial charge in [0.15, 0.2) is 34.5 Å². The Hall–Kier alpha value is -2.99. The molecular weight excluding hydrogens is 602 g/mol. The maximum absolute atomic E-state index is 15.0. The molecule has 46 heavy (non-hydrogen) atoms. The van der Waals surface area contributed by atoms with Crippen LogP contribution in [0.1, 0.15) is 73.6 Å². The molecule has 0 saturated carbocycles. The van der Waals surface area contributed by atoms with Crippen molar-refractivity contribution in [3.8, 4) is 0 Å². The van der Waals surface area contributed by atoms with Crippen LogP contribution in [0.5, 0.6) is 0 Å². The van der Waals surface area contributed by atoms with E-state index in [1.54, 1.807) is 41.5 Å². The van der Waals surface area contributed by atoms with Gasteiger partial charge in [0.05, 0.1) is 37.1 Å². The molecule has 0 rings (SSSR count). The van der Waals surface area contributed by atoms with Gasteiger partial charge in [-0.15, -0.1) is 0 Å². The predicted molar refractivity (Wildman–Crippen MR) is 170 cm³/mol. The van der Waals surface area contributed by atoms with Crippen LogP contribution in [-0.2, 0) is 33.6 Å². The molecule has 16 nitrogen and oxygen atoms in total. The molecule has 0 aliphatic carbocycles. The molecule has 16 N–H and O–H groups in total. The average Bonchev–Trinajstić information content (AvgIpc) is 2.93. The molecule has 0 aromatic rings. The van der Waals surface area contributed by atoms with Crippen molar-refractivity contribution in [3.05, 3.63) is 0 Å². The summed E-state index contributed by atoms with van der Waals surface area (Å²) in [5.74, 6) is -12.8. The van der Waals surface area contributed by atoms with E-state index in [1.165, 1.54) is 0 Å². The lowest BCUT2D eigenvalue weighted by Gasteiger charge is -2.54. The van der Waals surface area contributed by atoms with Crippen molar-refractivity contribution in [1.29, 1.82) is 0 Å². The standard InChI is InChI=1S/C30H55N7O9/c1-14(2)9-17(33)23(41)28(7-8-31,21(38)13-32)29(24(42)18(34)10-15(3)4,25(43)20(36)12-22(39)40)30(37,27(45)46)26(44)19(35)11-16(5)6/h14-20H,7-13,31-37H2,1-6H3,(H,39,40)(H,45,46). The molecule has 0 fully saturated rings. The third-order valence-electron chi connectivity index (χ3n) is 8.22. The van der Waals surface area contributed by atoms with Gasteiger partial charge in [-0.3, -0.25) is 28.8 Å². The van der Waals surface area contributed by atoms with Crippen LogP contribution in [0.15, 0.2) is 0 Å². The Morgan fingerprint density at radius 1 is 0.609 bits per heavy atom. The fourth-order valence-electron chi connectivity index (χ4n) is 6.38. The molecule has 0 saturated heterocycles. The zero-order chi connectivity index (χ0) is 36.5. The summed E-state index contributed by atoms with van der Waals surface area (Å²) in [5.41, 5.74) is 32.3. The minimum atomic E-state index is -3.83. The smallest absolute Gasteiger partial charge is 0.333 e. The lowest BCUT2D eigenvalue weighted by atomic mass is 9.43. The van der Waals surface area contributed by atoms with E-state index in [-0.39, 0.29) is 31.1 Å². The Kier molecular flexibility index (Phi) is 16.1. The molecule has 7 unspecified atom stereocenters. The van der Waals surface area contributed by atoms with Crippen LogP contribution in [-0.4, -0.2) is 93.9 Å². The maximum atomic E-state index is 15.0. The Bertz CT molecular complexity index is 1160. The third kappa shape index (κ3) is 8.29. The molecule has 0 aromatic heterocycles. The second kappa shape index (κ2) is 17.2. The minimum Gasteiger partial charge on any atom is -0.481 e. The van der Waals surface area contributed by atoms with Crippen molar-refractivity contribution in [3.63, 3.8) is 0 Å². The molecule has 7 atom stereocenters. The van der Waals surface area contributed by atoms with Crippen LogP contribution in [0.3, 0.4) is 0 Å². The van der Waals surface area contributed by atoms with E-state index in [4.69, 9.17) is 40.1 Å². The summed E-state index contributed by atoms with van der Waals surface area (Å²) in [7, 11) is 0. The first-order valence-corrected chi connectivity index (χ1v) is 15.4. The zero-order valence-electron chi connectivity index (χ0n) is 27.8. The number of ketones is 5. The van der Waals surface area contributed by atoms with E-state index in [2.05, 4.69) is 0 Å². The Morgan fingerprint density at radius 3 is 1.30 bits per heavy atom. The number of Topliss-reactive ketones (excluding diaryl/α,β-unsaturated/α-hetero) is 5. The summed E-state index contributed by atoms with van der Waals surface area (Å²) in [6.45, 7) is 8.14. The first kappa shape index (κ1) is 43.0. The second-order valence-corrected chi connectivity index (χ2v) is 13.3. The van der Waals surface area contributed by atoms with Crippen LogP contribution in [0, 0.1) is 28.6 Å². The summed E-state index contributed by atoms with van der Waals surface area (Å²) in [4.78, 5) is 98.6. The molecule has 264 valence electrons. The highest BCUT2D eigenvalue weighted by Crippen LogP contribution is 2.54. The summed E-state index contributed by atoms with van der Waals surface area (Å²) < 4.78 is 0. The molecule has 0 aliphatic rings. The lowest BCUT2D eigenvalue weighted by molar-refractivity contribution is -0.183. The highest BCUT2D eigenvalue weighted by molar-refractivity contribution is 6.31. The first-order chi connectivity index (χ1) is 21.0. The number of hydrogen-bond acceptors (Lipinski definition) is 14. The normalized spacial score (nSPS) is 18.5. The molecule has 0 amide bonds. The van der Waals surface area contributed by atoms with E-state index >= 15 is 4.79 Å². The van der Waals surface area contributed by atoms with Gasteiger partial charge in [-0.2, -0.15) is 0 Å². The lowest BCUT2D eigenvalue weighted by Crippen LogP contribution is -2.84. The van der Waals surface area contributed by atoms with Crippen molar-refractivity contribution >= 4 is 40.9 Å². The van der Waals surface area contributed by atoms with Gasteiger partial charge in [0.2, 0.25) is 0 Å². The first-order valence-electron chi connectivity index (χ1n) is 15.4. The number of rotatable bonds is 23. The van der Waals surface area contributed by atoms with E-state index < -0.39 is 113 Å². The van der Waals surface area contributed by atoms with Gasteiger partial charge in [0.1, 0.15) is 10.8 Å². The van der Waals surface area contributed by atoms with E-state index in [9.17, 15) is 39.0 Å². The van der Waals surface area contributed by atoms with E-state index in [0.29, 0.717) is 0 Å². The molecule has 0 heterocycles. The van der Waals surface area contributed by atoms with E-state index in [1.807, 2.05) is 0 Å². The van der Waals surface area contributed by atoms with Gasteiger partial charge >= 0.3 is 11.9 Å². The van der Waals surface area contributed by atoms with Crippen LogP contribution < -0.4 is 40.1 Å². The van der Waals surface area contributed by atoms with Crippen molar-refractivity contribution < 1.29 is 43.8 Å². The summed E-state index contributed by atoms with van der Waals surface area (Å²) in [6.07, 6.45) is -2.80. The van der Waals surface area contributed by atoms with Crippen LogP contribution in [0.25, 0.3) is 0 Å². The van der Waals surface area contributed by atoms with Gasteiger partial charge in [-0.05, 0) is 50.0 Å². The molecule has 0 spiro atoms. The minimum absolute atomic E-state index is 0.147. The summed E-state index contributed by atoms with van der Waals surface area (Å²) in [6, 6.07) is -7.55. The molecular formula is C30H55N7O9.